The van der Waals surface area contributed by atoms with Gasteiger partial charge < -0.3 is 4.43 Å². The molecule has 1 aliphatic carbocycles. The van der Waals surface area contributed by atoms with Gasteiger partial charge in [0.05, 0.1) is 0 Å². The fourth-order valence-corrected chi connectivity index (χ4v) is 11.0. The van der Waals surface area contributed by atoms with E-state index in [1.165, 1.54) is 55.7 Å². The second kappa shape index (κ2) is 10.1. The predicted octanol–water partition coefficient (Wildman–Crippen LogP) is 7.56. The molecule has 36 heavy (non-hydrogen) atoms. The van der Waals surface area contributed by atoms with Crippen LogP contribution in [0.4, 0.5) is 0 Å². The van der Waals surface area contributed by atoms with Crippen LogP contribution in [-0.2, 0) is 4.43 Å². The van der Waals surface area contributed by atoms with Crippen molar-refractivity contribution in [3.63, 3.8) is 0 Å². The van der Waals surface area contributed by atoms with Gasteiger partial charge in [0.15, 0.2) is 0 Å². The summed E-state index contributed by atoms with van der Waals surface area (Å²) in [5.74, 6) is 1.20. The van der Waals surface area contributed by atoms with Crippen molar-refractivity contribution in [3.05, 3.63) is 105 Å². The Morgan fingerprint density at radius 3 is 1.69 bits per heavy atom. The number of aryl methyl sites for hydroxylation is 6. The van der Waals surface area contributed by atoms with E-state index in [4.69, 9.17) is 4.43 Å². The first-order chi connectivity index (χ1) is 16.9. The summed E-state index contributed by atoms with van der Waals surface area (Å²) in [5, 5.41) is 2.86. The van der Waals surface area contributed by atoms with Gasteiger partial charge in [-0.25, -0.2) is 0 Å². The van der Waals surface area contributed by atoms with Crippen molar-refractivity contribution in [1.82, 2.24) is 0 Å². The highest BCUT2D eigenvalue weighted by Crippen LogP contribution is 2.47. The molecule has 1 fully saturated rings. The quantitative estimate of drug-likeness (QED) is 0.307. The molecule has 1 nitrogen and oxygen atoms in total. The van der Waals surface area contributed by atoms with Gasteiger partial charge in [0.1, 0.15) is 0 Å². The molecular formula is C34H44OSi. The Morgan fingerprint density at radius 1 is 0.778 bits per heavy atom. The second-order valence-electron chi connectivity index (χ2n) is 12.3. The molecule has 4 rings (SSSR count). The SMILES string of the molecule is Cc1cc(C)c([Si](/C=C/C(C)(C)C)(OC[C@@H]2C[C@H]2c2ccccc2)c2c(C)cc(C)cc2C)c(C)c1. The molecule has 1 aliphatic rings. The molecule has 190 valence electrons. The van der Waals surface area contributed by atoms with E-state index in [0.29, 0.717) is 11.8 Å². The average Bonchev–Trinajstić information content (AvgIpc) is 3.54. The highest BCUT2D eigenvalue weighted by Gasteiger charge is 2.46. The van der Waals surface area contributed by atoms with E-state index < -0.39 is 8.32 Å². The molecule has 0 saturated heterocycles. The van der Waals surface area contributed by atoms with Crippen LogP contribution in [-0.4, -0.2) is 14.9 Å². The van der Waals surface area contributed by atoms with E-state index in [1.54, 1.807) is 0 Å². The van der Waals surface area contributed by atoms with Crippen LogP contribution in [0.15, 0.2) is 66.4 Å². The first-order valence-corrected chi connectivity index (χ1v) is 15.5. The molecule has 2 heteroatoms. The van der Waals surface area contributed by atoms with E-state index in [9.17, 15) is 0 Å². The summed E-state index contributed by atoms with van der Waals surface area (Å²) in [7, 11) is -2.72. The molecular weight excluding hydrogens is 452 g/mol. The lowest BCUT2D eigenvalue weighted by Crippen LogP contribution is -2.63. The van der Waals surface area contributed by atoms with Crippen LogP contribution in [0.3, 0.4) is 0 Å². The maximum Gasteiger partial charge on any atom is 0.281 e. The Morgan fingerprint density at radius 2 is 1.25 bits per heavy atom. The van der Waals surface area contributed by atoms with Crippen LogP contribution in [0.1, 0.15) is 72.1 Å². The molecule has 0 radical (unpaired) electrons. The fraction of sp³-hybridized carbons (Fsp3) is 0.412. The van der Waals surface area contributed by atoms with Crippen molar-refractivity contribution >= 4 is 18.7 Å². The van der Waals surface area contributed by atoms with Crippen molar-refractivity contribution in [2.45, 2.75) is 74.7 Å². The summed E-state index contributed by atoms with van der Waals surface area (Å²) in [6.07, 6.45) is 3.63. The lowest BCUT2D eigenvalue weighted by molar-refractivity contribution is 0.300. The van der Waals surface area contributed by atoms with Gasteiger partial charge >= 0.3 is 0 Å². The van der Waals surface area contributed by atoms with Gasteiger partial charge in [-0.1, -0.05) is 98.3 Å². The Bertz CT molecular complexity index is 1160. The van der Waals surface area contributed by atoms with Gasteiger partial charge in [0.25, 0.3) is 8.32 Å². The smallest absolute Gasteiger partial charge is 0.281 e. The van der Waals surface area contributed by atoms with Crippen molar-refractivity contribution < 1.29 is 4.43 Å². The molecule has 0 aliphatic heterocycles. The van der Waals surface area contributed by atoms with Gasteiger partial charge in [-0.15, -0.1) is 0 Å². The van der Waals surface area contributed by atoms with Gasteiger partial charge in [-0.2, -0.15) is 0 Å². The maximum atomic E-state index is 7.43. The molecule has 0 amide bonds. The third-order valence-corrected chi connectivity index (χ3v) is 11.9. The summed E-state index contributed by atoms with van der Waals surface area (Å²) in [6.45, 7) is 21.2. The van der Waals surface area contributed by atoms with Crippen LogP contribution in [0.25, 0.3) is 0 Å². The Kier molecular flexibility index (Phi) is 7.51. The lowest BCUT2D eigenvalue weighted by Gasteiger charge is -2.36. The third-order valence-electron chi connectivity index (χ3n) is 7.59. The zero-order valence-electron chi connectivity index (χ0n) is 23.8. The van der Waals surface area contributed by atoms with Crippen LogP contribution in [0.5, 0.6) is 0 Å². The number of rotatable bonds is 7. The second-order valence-corrected chi connectivity index (χ2v) is 15.4. The van der Waals surface area contributed by atoms with E-state index in [1.807, 2.05) is 0 Å². The maximum absolute atomic E-state index is 7.43. The first-order valence-electron chi connectivity index (χ1n) is 13.5. The fourth-order valence-electron chi connectivity index (χ4n) is 6.16. The van der Waals surface area contributed by atoms with Crippen LogP contribution in [0.2, 0.25) is 0 Å². The highest BCUT2D eigenvalue weighted by atomic mass is 28.4. The predicted molar refractivity (Wildman–Crippen MR) is 158 cm³/mol. The van der Waals surface area contributed by atoms with Gasteiger partial charge in [-0.3, -0.25) is 0 Å². The van der Waals surface area contributed by atoms with Crippen molar-refractivity contribution in [3.8, 4) is 0 Å². The van der Waals surface area contributed by atoms with Crippen LogP contribution >= 0.6 is 0 Å². The summed E-state index contributed by atoms with van der Waals surface area (Å²) >= 11 is 0. The summed E-state index contributed by atoms with van der Waals surface area (Å²) in [4.78, 5) is 0. The van der Waals surface area contributed by atoms with Crippen LogP contribution < -0.4 is 10.4 Å². The summed E-state index contributed by atoms with van der Waals surface area (Å²) < 4.78 is 7.43. The minimum absolute atomic E-state index is 0.0762. The molecule has 3 aromatic rings. The molecule has 0 unspecified atom stereocenters. The van der Waals surface area contributed by atoms with E-state index in [-0.39, 0.29) is 5.41 Å². The van der Waals surface area contributed by atoms with E-state index in [2.05, 4.69) is 129 Å². The highest BCUT2D eigenvalue weighted by molar-refractivity contribution is 7.02. The Hall–Kier alpha value is -2.42. The summed E-state index contributed by atoms with van der Waals surface area (Å²) in [6, 6.07) is 20.4. The zero-order valence-corrected chi connectivity index (χ0v) is 24.8. The largest absolute Gasteiger partial charge is 0.404 e. The molecule has 3 aromatic carbocycles. The molecule has 2 atom stereocenters. The Labute approximate surface area is 220 Å². The zero-order chi connectivity index (χ0) is 26.3. The van der Waals surface area contributed by atoms with Gasteiger partial charge in [-0.05, 0) is 103 Å². The van der Waals surface area contributed by atoms with Crippen molar-refractivity contribution in [2.75, 3.05) is 6.61 Å². The average molecular weight is 497 g/mol. The lowest BCUT2D eigenvalue weighted by atomic mass is 9.98. The number of allylic oxidation sites excluding steroid dienone is 1. The van der Waals surface area contributed by atoms with Crippen molar-refractivity contribution in [2.24, 2.45) is 11.3 Å². The molecule has 0 bridgehead atoms. The van der Waals surface area contributed by atoms with Gasteiger partial charge in [0.2, 0.25) is 0 Å². The number of hydrogen-bond acceptors (Lipinski definition) is 1. The van der Waals surface area contributed by atoms with E-state index in [0.717, 1.165) is 6.61 Å². The van der Waals surface area contributed by atoms with Crippen molar-refractivity contribution in [1.29, 1.82) is 0 Å². The standard InChI is InChI=1S/C34H44OSi/c1-23-17-25(3)32(26(4)18-23)36(16-15-34(7,8)9,33-27(5)19-24(2)20-28(33)6)35-22-30-21-31(30)29-13-11-10-12-14-29/h10-20,30-31H,21-22H2,1-9H3/b16-15+/t30-,31-/m0/s1. The normalized spacial score (nSPS) is 18.1. The molecule has 0 spiro atoms. The monoisotopic (exact) mass is 496 g/mol. The molecule has 0 N–H and O–H groups in total. The molecule has 0 heterocycles. The minimum Gasteiger partial charge on any atom is -0.404 e. The van der Waals surface area contributed by atoms with Gasteiger partial charge in [0, 0.05) is 6.61 Å². The molecule has 0 aromatic heterocycles. The third kappa shape index (κ3) is 5.60. The molecule has 1 saturated carbocycles. The topological polar surface area (TPSA) is 9.23 Å². The van der Waals surface area contributed by atoms with E-state index >= 15 is 0 Å². The van der Waals surface area contributed by atoms with Crippen LogP contribution in [0, 0.1) is 52.9 Å². The first kappa shape index (κ1) is 26.6. The minimum atomic E-state index is -2.72. The number of hydrogen-bond donors (Lipinski definition) is 0. The summed E-state index contributed by atoms with van der Waals surface area (Å²) in [5.41, 5.74) is 12.1. The number of benzene rings is 3. The Balaban J connectivity index is 1.88.